The Bertz CT molecular complexity index is 2240. The zero-order valence-electron chi connectivity index (χ0n) is 34.5. The van der Waals surface area contributed by atoms with Crippen LogP contribution in [0.15, 0.2) is 60.7 Å². The van der Waals surface area contributed by atoms with E-state index in [9.17, 15) is 23.1 Å². The van der Waals surface area contributed by atoms with E-state index >= 15 is 0 Å². The molecule has 17 nitrogen and oxygen atoms in total. The average molecular weight is 959 g/mol. The Hall–Kier alpha value is -4.70. The van der Waals surface area contributed by atoms with Crippen LogP contribution in [0.1, 0.15) is 65.1 Å². The summed E-state index contributed by atoms with van der Waals surface area (Å²) in [5, 5.41) is 13.5. The number of carbonyl (C=O) groups is 2. The van der Waals surface area contributed by atoms with Crippen molar-refractivity contribution in [2.75, 3.05) is 65.8 Å². The van der Waals surface area contributed by atoms with E-state index in [-0.39, 0.29) is 29.3 Å². The number of aromatic nitrogens is 4. The Kier molecular flexibility index (Phi) is 14.5. The molecule has 4 heterocycles. The highest BCUT2D eigenvalue weighted by atomic mass is 127. The summed E-state index contributed by atoms with van der Waals surface area (Å²) in [4.78, 5) is 50.1. The van der Waals surface area contributed by atoms with Gasteiger partial charge in [0.15, 0.2) is 11.6 Å². The first-order valence-corrected chi connectivity index (χ1v) is 23.0. The first kappa shape index (κ1) is 44.8. The van der Waals surface area contributed by atoms with Gasteiger partial charge in [0.05, 0.1) is 61.8 Å². The van der Waals surface area contributed by atoms with Gasteiger partial charge in [0.1, 0.15) is 17.2 Å². The molecule has 2 aromatic carbocycles. The number of halogens is 1. The van der Waals surface area contributed by atoms with Gasteiger partial charge >= 0.3 is 12.2 Å². The highest BCUT2D eigenvalue weighted by molar-refractivity contribution is 14.1. The predicted molar refractivity (Wildman–Crippen MR) is 236 cm³/mol. The Morgan fingerprint density at radius 2 is 1.42 bits per heavy atom. The lowest BCUT2D eigenvalue weighted by atomic mass is 10.1. The summed E-state index contributed by atoms with van der Waals surface area (Å²) in [6.07, 6.45) is -1.43. The molecule has 4 aromatic rings. The van der Waals surface area contributed by atoms with Gasteiger partial charge in [0.2, 0.25) is 6.23 Å². The van der Waals surface area contributed by atoms with Crippen LogP contribution in [0.2, 0.25) is 0 Å². The lowest BCUT2D eigenvalue weighted by Crippen LogP contribution is -2.46. The van der Waals surface area contributed by atoms with Crippen molar-refractivity contribution in [3.05, 3.63) is 72.1 Å². The Balaban J connectivity index is 1.40. The molecule has 0 saturated carbocycles. The van der Waals surface area contributed by atoms with Crippen LogP contribution in [-0.4, -0.2) is 109 Å². The number of anilines is 4. The summed E-state index contributed by atoms with van der Waals surface area (Å²) in [5.74, 6) is 1.85. The molecule has 0 spiro atoms. The maximum atomic E-state index is 13.3. The zero-order valence-corrected chi connectivity index (χ0v) is 37.5. The molecule has 2 fully saturated rings. The number of benzene rings is 2. The van der Waals surface area contributed by atoms with Crippen LogP contribution < -0.4 is 20.0 Å². The zero-order chi connectivity index (χ0) is 43.2. The molecular formula is C41H51IN8O9S. The molecule has 2 aromatic heterocycles. The van der Waals surface area contributed by atoms with Crippen molar-refractivity contribution in [3.63, 3.8) is 0 Å². The largest absolute Gasteiger partial charge is 0.465 e. The molecule has 0 bridgehead atoms. The van der Waals surface area contributed by atoms with Crippen LogP contribution in [-0.2, 0) is 32.9 Å². The van der Waals surface area contributed by atoms with E-state index in [1.54, 1.807) is 75.4 Å². The van der Waals surface area contributed by atoms with Crippen LogP contribution >= 0.6 is 22.6 Å². The maximum Gasteiger partial charge on any atom is 0.414 e. The van der Waals surface area contributed by atoms with E-state index in [1.165, 1.54) is 0 Å². The summed E-state index contributed by atoms with van der Waals surface area (Å²) in [5.41, 5.74) is 1.83. The molecule has 19 heteroatoms. The van der Waals surface area contributed by atoms with Gasteiger partial charge in [-0.05, 0) is 82.1 Å². The third-order valence-electron chi connectivity index (χ3n) is 9.77. The molecule has 2 aliphatic heterocycles. The van der Waals surface area contributed by atoms with Gasteiger partial charge < -0.3 is 29.1 Å². The van der Waals surface area contributed by atoms with Crippen LogP contribution in [0.25, 0.3) is 22.8 Å². The molecule has 2 saturated heterocycles. The summed E-state index contributed by atoms with van der Waals surface area (Å²) in [6.45, 7) is 12.6. The molecule has 2 aliphatic rings. The predicted octanol–water partition coefficient (Wildman–Crippen LogP) is 7.27. The van der Waals surface area contributed by atoms with E-state index in [4.69, 9.17) is 38.3 Å². The number of hydrogen-bond donors (Lipinski definition) is 2. The van der Waals surface area contributed by atoms with Crippen LogP contribution in [0.5, 0.6) is 0 Å². The third kappa shape index (κ3) is 11.4. The van der Waals surface area contributed by atoms with Gasteiger partial charge in [0.25, 0.3) is 10.1 Å². The first-order chi connectivity index (χ1) is 28.5. The molecule has 2 amide bonds. The number of amides is 2. The molecule has 60 heavy (non-hydrogen) atoms. The fourth-order valence-electron chi connectivity index (χ4n) is 6.90. The second-order valence-corrected chi connectivity index (χ2v) is 17.7. The smallest absolute Gasteiger partial charge is 0.414 e. The van der Waals surface area contributed by atoms with Gasteiger partial charge in [-0.15, -0.1) is 0 Å². The molecular weight excluding hydrogens is 907 g/mol. The van der Waals surface area contributed by atoms with Crippen LogP contribution in [0, 0.1) is 0 Å². The summed E-state index contributed by atoms with van der Waals surface area (Å²) in [6, 6.07) is 16.8. The standard InChI is InChI=1S/C41H51IN8O9S/c1-7-30-24-56-19-17-48(30)34-21-29(23-42)43-36(46-34)27-11-15-32(16-12-27)50(40(52)53)38(59-60(6,54)55)33-22-35(49-18-20-57-25-31(49)8-2)47-37(45-33)26-9-13-28(14-10-26)44-39(51)58-41(3,4)5/h9-16,21-22,30-31,38H,7-8,17-20,23-25H2,1-6H3,(H,44,51)(H,52,53)/t30-,31-,38?/m0/s1. The van der Waals surface area contributed by atoms with Gasteiger partial charge in [-0.25, -0.2) is 38.6 Å². The molecule has 0 radical (unpaired) electrons. The highest BCUT2D eigenvalue weighted by Gasteiger charge is 2.35. The Morgan fingerprint density at radius 1 is 0.883 bits per heavy atom. The number of nitrogens with one attached hydrogen (secondary N) is 1. The number of carbonyl (C=O) groups excluding carboxylic acids is 1. The van der Waals surface area contributed by atoms with Crippen molar-refractivity contribution < 1.29 is 41.5 Å². The Morgan fingerprint density at radius 3 is 1.92 bits per heavy atom. The van der Waals surface area contributed by atoms with Crippen molar-refractivity contribution in [1.29, 1.82) is 0 Å². The average Bonchev–Trinajstić information content (AvgIpc) is 3.22. The third-order valence-corrected chi connectivity index (χ3v) is 11.1. The molecule has 3 atom stereocenters. The van der Waals surface area contributed by atoms with Crippen molar-refractivity contribution >= 4 is 67.9 Å². The summed E-state index contributed by atoms with van der Waals surface area (Å²) >= 11 is 2.26. The van der Waals surface area contributed by atoms with E-state index in [2.05, 4.69) is 39.7 Å². The highest BCUT2D eigenvalue weighted by Crippen LogP contribution is 2.35. The number of ether oxygens (including phenoxy) is 3. The number of alkyl halides is 1. The van der Waals surface area contributed by atoms with E-state index in [0.29, 0.717) is 78.8 Å². The van der Waals surface area contributed by atoms with Gasteiger partial charge in [-0.2, -0.15) is 8.42 Å². The number of morpholine rings is 2. The van der Waals surface area contributed by atoms with Crippen molar-refractivity contribution in [2.45, 2.75) is 75.8 Å². The minimum Gasteiger partial charge on any atom is -0.465 e. The number of rotatable bonds is 13. The molecule has 0 aliphatic carbocycles. The van der Waals surface area contributed by atoms with Gasteiger partial charge in [-0.3, -0.25) is 5.32 Å². The van der Waals surface area contributed by atoms with E-state index in [1.807, 2.05) is 17.9 Å². The normalized spacial score (nSPS) is 17.9. The lowest BCUT2D eigenvalue weighted by Gasteiger charge is -2.36. The van der Waals surface area contributed by atoms with Gasteiger partial charge in [-0.1, -0.05) is 36.4 Å². The minimum atomic E-state index is -4.29. The molecule has 322 valence electrons. The van der Waals surface area contributed by atoms with Crippen molar-refractivity contribution in [2.24, 2.45) is 0 Å². The SMILES string of the molecule is CC[C@H]1COCCN1c1cc(CI)nc(-c2ccc(N(C(=O)O)C(OS(C)(=O)=O)c3cc(N4CCOC[C@@H]4CC)nc(-c4ccc(NC(=O)OC(C)(C)C)cc4)n3)cc2)n1. The number of nitrogens with zero attached hydrogens (tertiary/aromatic N) is 7. The van der Waals surface area contributed by atoms with E-state index < -0.39 is 34.1 Å². The lowest BCUT2D eigenvalue weighted by molar-refractivity contribution is 0.0635. The second kappa shape index (κ2) is 19.3. The second-order valence-electron chi connectivity index (χ2n) is 15.4. The summed E-state index contributed by atoms with van der Waals surface area (Å²) < 4.78 is 49.0. The number of carboxylic acid groups (broad SMARTS) is 1. The van der Waals surface area contributed by atoms with Crippen LogP contribution in [0.3, 0.4) is 0 Å². The van der Waals surface area contributed by atoms with Gasteiger partial charge in [0, 0.05) is 46.5 Å². The number of hydrogen-bond acceptors (Lipinski definition) is 14. The van der Waals surface area contributed by atoms with Crippen LogP contribution in [0.4, 0.5) is 32.6 Å². The molecule has 1 unspecified atom stereocenters. The molecule has 2 N–H and O–H groups in total. The van der Waals surface area contributed by atoms with Crippen molar-refractivity contribution in [1.82, 2.24) is 19.9 Å². The minimum absolute atomic E-state index is 0.0251. The first-order valence-electron chi connectivity index (χ1n) is 19.7. The topological polar surface area (TPSA) is 199 Å². The summed E-state index contributed by atoms with van der Waals surface area (Å²) in [7, 11) is -4.29. The van der Waals surface area contributed by atoms with Crippen molar-refractivity contribution in [3.8, 4) is 22.8 Å². The maximum absolute atomic E-state index is 13.3. The Labute approximate surface area is 364 Å². The monoisotopic (exact) mass is 958 g/mol. The molecule has 6 rings (SSSR count). The quantitative estimate of drug-likeness (QED) is 0.0587. The fourth-order valence-corrected chi connectivity index (χ4v) is 7.81. The van der Waals surface area contributed by atoms with E-state index in [0.717, 1.165) is 29.1 Å². The fraction of sp³-hybridized carbons (Fsp3) is 0.463.